The Balaban J connectivity index is 2.04. The summed E-state index contributed by atoms with van der Waals surface area (Å²) in [5.74, 6) is 0.000809. The fraction of sp³-hybridized carbons (Fsp3) is 0.615. The summed E-state index contributed by atoms with van der Waals surface area (Å²) in [6, 6.07) is 0. The van der Waals surface area contributed by atoms with Crippen LogP contribution in [0.5, 0.6) is 0 Å². The third-order valence-electron chi connectivity index (χ3n) is 2.75. The lowest BCUT2D eigenvalue weighted by Gasteiger charge is -2.08. The van der Waals surface area contributed by atoms with Gasteiger partial charge < -0.3 is 5.11 Å². The second-order valence-electron chi connectivity index (χ2n) is 4.12. The van der Waals surface area contributed by atoms with E-state index in [0.717, 1.165) is 32.1 Å². The van der Waals surface area contributed by atoms with E-state index in [1.54, 1.807) is 0 Å². The Morgan fingerprint density at radius 2 is 2.07 bits per heavy atom. The van der Waals surface area contributed by atoms with Crippen LogP contribution in [0.1, 0.15) is 44.9 Å². The van der Waals surface area contributed by atoms with E-state index in [1.807, 2.05) is 0 Å². The molecule has 0 aromatic rings. The maximum atomic E-state index is 10.3. The first-order valence-electron chi connectivity index (χ1n) is 5.82. The van der Waals surface area contributed by atoms with Crippen molar-refractivity contribution in [2.24, 2.45) is 5.92 Å². The molecule has 0 spiro atoms. The molecule has 1 aliphatic carbocycles. The minimum Gasteiger partial charge on any atom is -0.481 e. The summed E-state index contributed by atoms with van der Waals surface area (Å²) in [5, 5.41) is 8.48. The molecule has 0 bridgehead atoms. The number of carbonyl (C=O) groups is 1. The van der Waals surface area contributed by atoms with Crippen molar-refractivity contribution in [3.8, 4) is 0 Å². The number of unbranched alkanes of at least 4 members (excludes halogenated alkanes) is 2. The molecule has 2 heteroatoms. The first-order valence-corrected chi connectivity index (χ1v) is 5.82. The molecule has 1 unspecified atom stereocenters. The molecule has 0 amide bonds. The van der Waals surface area contributed by atoms with Gasteiger partial charge in [-0.3, -0.25) is 4.79 Å². The number of allylic oxidation sites excluding steroid dienone is 4. The van der Waals surface area contributed by atoms with Gasteiger partial charge in [-0.25, -0.2) is 0 Å². The number of hydrogen-bond acceptors (Lipinski definition) is 1. The van der Waals surface area contributed by atoms with Crippen molar-refractivity contribution < 1.29 is 9.90 Å². The molecular formula is C13H20O2. The Bertz CT molecular complexity index is 241. The molecule has 0 heterocycles. The monoisotopic (exact) mass is 208 g/mol. The van der Waals surface area contributed by atoms with Gasteiger partial charge >= 0.3 is 5.97 Å². The van der Waals surface area contributed by atoms with Gasteiger partial charge in [0.1, 0.15) is 0 Å². The van der Waals surface area contributed by atoms with E-state index in [-0.39, 0.29) is 0 Å². The molecule has 1 rings (SSSR count). The highest BCUT2D eigenvalue weighted by molar-refractivity contribution is 5.66. The van der Waals surface area contributed by atoms with Gasteiger partial charge in [0.05, 0.1) is 0 Å². The van der Waals surface area contributed by atoms with Crippen LogP contribution in [0, 0.1) is 5.92 Å². The minimum absolute atomic E-state index is 0.320. The summed E-state index contributed by atoms with van der Waals surface area (Å²) >= 11 is 0. The fourth-order valence-electron chi connectivity index (χ4n) is 1.87. The number of carboxylic acid groups (broad SMARTS) is 1. The van der Waals surface area contributed by atoms with Crippen LogP contribution in [0.15, 0.2) is 24.3 Å². The van der Waals surface area contributed by atoms with Crippen LogP contribution < -0.4 is 0 Å². The Morgan fingerprint density at radius 3 is 2.87 bits per heavy atom. The van der Waals surface area contributed by atoms with Gasteiger partial charge in [0.25, 0.3) is 0 Å². The highest BCUT2D eigenvalue weighted by atomic mass is 16.4. The van der Waals surface area contributed by atoms with E-state index in [2.05, 4.69) is 24.3 Å². The largest absolute Gasteiger partial charge is 0.481 e. The standard InChI is InChI=1S/C13H20O2/c14-13(15)11-7-3-6-10-12-8-4-1-2-5-9-12/h1,4-5,9,12H,2-3,6-8,10-11H2,(H,14,15). The molecule has 0 saturated heterocycles. The molecular weight excluding hydrogens is 188 g/mol. The Hall–Kier alpha value is -1.05. The van der Waals surface area contributed by atoms with Gasteiger partial charge in [0, 0.05) is 6.42 Å². The summed E-state index contributed by atoms with van der Waals surface area (Å²) in [6.07, 6.45) is 15.7. The summed E-state index contributed by atoms with van der Waals surface area (Å²) in [4.78, 5) is 10.3. The zero-order chi connectivity index (χ0) is 10.9. The lowest BCUT2D eigenvalue weighted by Crippen LogP contribution is -1.96. The van der Waals surface area contributed by atoms with Gasteiger partial charge in [0.2, 0.25) is 0 Å². The highest BCUT2D eigenvalue weighted by Gasteiger charge is 2.04. The summed E-state index contributed by atoms with van der Waals surface area (Å²) in [7, 11) is 0. The zero-order valence-corrected chi connectivity index (χ0v) is 9.19. The molecule has 0 radical (unpaired) electrons. The van der Waals surface area contributed by atoms with E-state index < -0.39 is 5.97 Å². The molecule has 0 aliphatic heterocycles. The topological polar surface area (TPSA) is 37.3 Å². The van der Waals surface area contributed by atoms with Crippen LogP contribution in [0.2, 0.25) is 0 Å². The quantitative estimate of drug-likeness (QED) is 0.535. The maximum Gasteiger partial charge on any atom is 0.303 e. The third-order valence-corrected chi connectivity index (χ3v) is 2.75. The van der Waals surface area contributed by atoms with Crippen LogP contribution in [0.3, 0.4) is 0 Å². The summed E-state index contributed by atoms with van der Waals surface area (Å²) < 4.78 is 0. The molecule has 84 valence electrons. The summed E-state index contributed by atoms with van der Waals surface area (Å²) in [5.41, 5.74) is 0. The van der Waals surface area contributed by atoms with E-state index in [1.165, 1.54) is 6.42 Å². The van der Waals surface area contributed by atoms with Gasteiger partial charge in [-0.05, 0) is 31.6 Å². The van der Waals surface area contributed by atoms with Gasteiger partial charge in [-0.1, -0.05) is 37.1 Å². The highest BCUT2D eigenvalue weighted by Crippen LogP contribution is 2.18. The molecule has 0 fully saturated rings. The average Bonchev–Trinajstić information content (AvgIpc) is 2.45. The van der Waals surface area contributed by atoms with Gasteiger partial charge in [-0.15, -0.1) is 0 Å². The van der Waals surface area contributed by atoms with Crippen molar-refractivity contribution in [3.05, 3.63) is 24.3 Å². The normalized spacial score (nSPS) is 20.1. The van der Waals surface area contributed by atoms with Crippen LogP contribution >= 0.6 is 0 Å². The smallest absolute Gasteiger partial charge is 0.303 e. The van der Waals surface area contributed by atoms with E-state index in [0.29, 0.717) is 12.3 Å². The lowest BCUT2D eigenvalue weighted by atomic mass is 9.97. The number of aliphatic carboxylic acids is 1. The predicted octanol–water partition coefficient (Wildman–Crippen LogP) is 3.54. The van der Waals surface area contributed by atoms with Gasteiger partial charge in [0.15, 0.2) is 0 Å². The second kappa shape index (κ2) is 7.27. The SMILES string of the molecule is O=C(O)CCCCCC1C=CCC=CC1. The van der Waals surface area contributed by atoms with Gasteiger partial charge in [-0.2, -0.15) is 0 Å². The molecule has 2 nitrogen and oxygen atoms in total. The van der Waals surface area contributed by atoms with Crippen molar-refractivity contribution in [1.29, 1.82) is 0 Å². The molecule has 1 aliphatic rings. The average molecular weight is 208 g/mol. The molecule has 0 saturated carbocycles. The van der Waals surface area contributed by atoms with Crippen molar-refractivity contribution in [2.75, 3.05) is 0 Å². The molecule has 0 aromatic carbocycles. The van der Waals surface area contributed by atoms with Crippen LogP contribution in [-0.4, -0.2) is 11.1 Å². The van der Waals surface area contributed by atoms with Crippen LogP contribution in [0.4, 0.5) is 0 Å². The summed E-state index contributed by atoms with van der Waals surface area (Å²) in [6.45, 7) is 0. The van der Waals surface area contributed by atoms with Crippen LogP contribution in [0.25, 0.3) is 0 Å². The van der Waals surface area contributed by atoms with Crippen molar-refractivity contribution >= 4 is 5.97 Å². The maximum absolute atomic E-state index is 10.3. The first-order chi connectivity index (χ1) is 7.29. The second-order valence-corrected chi connectivity index (χ2v) is 4.12. The van der Waals surface area contributed by atoms with E-state index in [4.69, 9.17) is 5.11 Å². The molecule has 1 atom stereocenters. The first kappa shape index (κ1) is 12.0. The van der Waals surface area contributed by atoms with Crippen molar-refractivity contribution in [1.82, 2.24) is 0 Å². The van der Waals surface area contributed by atoms with Crippen molar-refractivity contribution in [2.45, 2.75) is 44.9 Å². The Morgan fingerprint density at radius 1 is 1.20 bits per heavy atom. The lowest BCUT2D eigenvalue weighted by molar-refractivity contribution is -0.137. The fourth-order valence-corrected chi connectivity index (χ4v) is 1.87. The van der Waals surface area contributed by atoms with E-state index in [9.17, 15) is 4.79 Å². The third kappa shape index (κ3) is 6.10. The molecule has 1 N–H and O–H groups in total. The number of carboxylic acids is 1. The Kier molecular flexibility index (Phi) is 5.83. The van der Waals surface area contributed by atoms with Crippen LogP contribution in [-0.2, 0) is 4.79 Å². The number of rotatable bonds is 6. The molecule has 15 heavy (non-hydrogen) atoms. The van der Waals surface area contributed by atoms with E-state index >= 15 is 0 Å². The molecule has 0 aromatic heterocycles. The van der Waals surface area contributed by atoms with Crippen molar-refractivity contribution in [3.63, 3.8) is 0 Å². The number of hydrogen-bond donors (Lipinski definition) is 1. The Labute approximate surface area is 91.7 Å². The predicted molar refractivity (Wildman–Crippen MR) is 61.7 cm³/mol. The minimum atomic E-state index is -0.674. The zero-order valence-electron chi connectivity index (χ0n) is 9.19.